The van der Waals surface area contributed by atoms with Gasteiger partial charge in [-0.3, -0.25) is 0 Å². The third-order valence-electron chi connectivity index (χ3n) is 2.60. The Morgan fingerprint density at radius 3 is 1.82 bits per heavy atom. The Morgan fingerprint density at radius 2 is 1.53 bits per heavy atom. The van der Waals surface area contributed by atoms with E-state index < -0.39 is 29.9 Å². The molecule has 0 bridgehead atoms. The van der Waals surface area contributed by atoms with Crippen molar-refractivity contribution in [3.63, 3.8) is 0 Å². The lowest BCUT2D eigenvalue weighted by atomic mass is 10.2. The molecule has 0 N–H and O–H groups in total. The molecule has 98 valence electrons. The third-order valence-corrected chi connectivity index (χ3v) is 2.60. The van der Waals surface area contributed by atoms with Crippen LogP contribution in [0.2, 0.25) is 0 Å². The van der Waals surface area contributed by atoms with Crippen LogP contribution in [0.3, 0.4) is 0 Å². The van der Waals surface area contributed by atoms with Gasteiger partial charge < -0.3 is 18.9 Å². The zero-order valence-electron chi connectivity index (χ0n) is 10.5. The van der Waals surface area contributed by atoms with Gasteiger partial charge in [-0.1, -0.05) is 13.3 Å². The summed E-state index contributed by atoms with van der Waals surface area (Å²) < 4.78 is 20.1. The number of carbonyl (C=O) groups is 2. The second kappa shape index (κ2) is 5.46. The number of hydrogen-bond donors (Lipinski definition) is 0. The van der Waals surface area contributed by atoms with Crippen LogP contribution in [-0.4, -0.2) is 44.2 Å². The predicted octanol–water partition coefficient (Wildman–Crippen LogP) is 0.633. The highest BCUT2D eigenvalue weighted by Gasteiger charge is 2.51. The van der Waals surface area contributed by atoms with Gasteiger partial charge in [-0.15, -0.1) is 0 Å². The molecule has 0 aromatic heterocycles. The van der Waals surface area contributed by atoms with Crippen molar-refractivity contribution in [2.45, 2.75) is 44.7 Å². The van der Waals surface area contributed by atoms with E-state index in [1.54, 1.807) is 6.92 Å². The lowest BCUT2D eigenvalue weighted by Crippen LogP contribution is -2.38. The number of ether oxygens (including phenoxy) is 4. The Bertz CT molecular complexity index is 276. The average Bonchev–Trinajstić information content (AvgIpc) is 2.65. The molecule has 1 rings (SSSR count). The molecule has 1 aliphatic rings. The lowest BCUT2D eigenvalue weighted by molar-refractivity contribution is -0.182. The van der Waals surface area contributed by atoms with Gasteiger partial charge in [0.25, 0.3) is 0 Å². The highest BCUT2D eigenvalue weighted by atomic mass is 16.8. The molecular weight excluding hydrogens is 228 g/mol. The molecule has 0 saturated carbocycles. The largest absolute Gasteiger partial charge is 0.467 e. The second-order valence-corrected chi connectivity index (χ2v) is 4.01. The third kappa shape index (κ3) is 2.95. The summed E-state index contributed by atoms with van der Waals surface area (Å²) in [6.45, 7) is 3.64. The fourth-order valence-electron chi connectivity index (χ4n) is 1.84. The average molecular weight is 246 g/mol. The molecule has 17 heavy (non-hydrogen) atoms. The van der Waals surface area contributed by atoms with Crippen molar-refractivity contribution in [3.8, 4) is 0 Å². The molecule has 1 aliphatic heterocycles. The van der Waals surface area contributed by atoms with Crippen molar-refractivity contribution in [1.29, 1.82) is 0 Å². The van der Waals surface area contributed by atoms with Gasteiger partial charge in [-0.2, -0.15) is 0 Å². The number of esters is 2. The highest BCUT2D eigenvalue weighted by molar-refractivity contribution is 5.86. The summed E-state index contributed by atoms with van der Waals surface area (Å²) in [4.78, 5) is 23.0. The van der Waals surface area contributed by atoms with Gasteiger partial charge in [0.05, 0.1) is 14.2 Å². The van der Waals surface area contributed by atoms with Crippen LogP contribution >= 0.6 is 0 Å². The molecule has 0 radical (unpaired) electrons. The molecular formula is C11H18O6. The van der Waals surface area contributed by atoms with Crippen molar-refractivity contribution in [1.82, 2.24) is 0 Å². The van der Waals surface area contributed by atoms with Crippen LogP contribution in [0.15, 0.2) is 0 Å². The molecule has 0 aromatic rings. The Kier molecular flexibility index (Phi) is 4.47. The minimum Gasteiger partial charge on any atom is -0.467 e. The van der Waals surface area contributed by atoms with Gasteiger partial charge in [-0.25, -0.2) is 9.59 Å². The van der Waals surface area contributed by atoms with E-state index in [0.717, 1.165) is 6.42 Å². The molecule has 2 unspecified atom stereocenters. The van der Waals surface area contributed by atoms with Gasteiger partial charge in [0, 0.05) is 6.42 Å². The summed E-state index contributed by atoms with van der Waals surface area (Å²) in [5, 5.41) is 0. The fourth-order valence-corrected chi connectivity index (χ4v) is 1.84. The first kappa shape index (κ1) is 13.9. The minimum atomic E-state index is -1.07. The molecule has 0 spiro atoms. The van der Waals surface area contributed by atoms with Crippen molar-refractivity contribution < 1.29 is 28.5 Å². The number of hydrogen-bond acceptors (Lipinski definition) is 6. The molecule has 1 saturated heterocycles. The van der Waals surface area contributed by atoms with E-state index in [4.69, 9.17) is 9.47 Å². The first-order chi connectivity index (χ1) is 7.97. The quantitative estimate of drug-likeness (QED) is 0.678. The summed E-state index contributed by atoms with van der Waals surface area (Å²) >= 11 is 0. The van der Waals surface area contributed by atoms with Crippen molar-refractivity contribution in [2.24, 2.45) is 0 Å². The van der Waals surface area contributed by atoms with Gasteiger partial charge >= 0.3 is 11.9 Å². The molecule has 1 fully saturated rings. The zero-order valence-corrected chi connectivity index (χ0v) is 10.5. The van der Waals surface area contributed by atoms with Crippen LogP contribution in [0.5, 0.6) is 0 Å². The summed E-state index contributed by atoms with van der Waals surface area (Å²) in [7, 11) is 2.46. The van der Waals surface area contributed by atoms with E-state index in [9.17, 15) is 9.59 Å². The molecule has 0 aromatic carbocycles. The van der Waals surface area contributed by atoms with Crippen LogP contribution < -0.4 is 0 Å². The first-order valence-electron chi connectivity index (χ1n) is 5.48. The fraction of sp³-hybridized carbons (Fsp3) is 0.818. The van der Waals surface area contributed by atoms with Gasteiger partial charge in [0.15, 0.2) is 18.0 Å². The monoisotopic (exact) mass is 246 g/mol. The maximum Gasteiger partial charge on any atom is 0.338 e. The topological polar surface area (TPSA) is 71.1 Å². The van der Waals surface area contributed by atoms with Crippen molar-refractivity contribution in [2.75, 3.05) is 14.2 Å². The standard InChI is InChI=1S/C11H18O6/c1-5-6-11(2)16-7(9(12)14-3)8(17-11)10(13)15-4/h7-8H,5-6H2,1-4H3. The Labute approximate surface area is 100 Å². The maximum atomic E-state index is 11.5. The zero-order chi connectivity index (χ0) is 13.1. The maximum absolute atomic E-state index is 11.5. The molecule has 0 aliphatic carbocycles. The Hall–Kier alpha value is -1.14. The van der Waals surface area contributed by atoms with E-state index in [1.807, 2.05) is 6.92 Å². The number of rotatable bonds is 4. The molecule has 6 nitrogen and oxygen atoms in total. The Balaban J connectivity index is 2.86. The van der Waals surface area contributed by atoms with E-state index >= 15 is 0 Å². The summed E-state index contributed by atoms with van der Waals surface area (Å²) in [6, 6.07) is 0. The van der Waals surface area contributed by atoms with Gasteiger partial charge in [0.1, 0.15) is 0 Å². The SMILES string of the molecule is CCCC1(C)OC(C(=O)OC)C(C(=O)OC)O1. The van der Waals surface area contributed by atoms with Crippen molar-refractivity contribution >= 4 is 11.9 Å². The molecule has 2 atom stereocenters. The minimum absolute atomic E-state index is 0.577. The van der Waals surface area contributed by atoms with Crippen LogP contribution in [0.25, 0.3) is 0 Å². The summed E-state index contributed by atoms with van der Waals surface area (Å²) in [5.41, 5.74) is 0. The van der Waals surface area contributed by atoms with Crippen molar-refractivity contribution in [3.05, 3.63) is 0 Å². The normalized spacial score (nSPS) is 32.2. The molecule has 1 heterocycles. The van der Waals surface area contributed by atoms with Crippen LogP contribution in [0, 0.1) is 0 Å². The van der Waals surface area contributed by atoms with E-state index in [2.05, 4.69) is 9.47 Å². The van der Waals surface area contributed by atoms with E-state index in [1.165, 1.54) is 14.2 Å². The second-order valence-electron chi connectivity index (χ2n) is 4.01. The predicted molar refractivity (Wildman–Crippen MR) is 57.1 cm³/mol. The molecule has 0 amide bonds. The summed E-state index contributed by atoms with van der Waals surface area (Å²) in [6.07, 6.45) is -0.750. The van der Waals surface area contributed by atoms with E-state index in [-0.39, 0.29) is 0 Å². The van der Waals surface area contributed by atoms with Crippen LogP contribution in [0.1, 0.15) is 26.7 Å². The van der Waals surface area contributed by atoms with Crippen LogP contribution in [0.4, 0.5) is 0 Å². The first-order valence-corrected chi connectivity index (χ1v) is 5.48. The van der Waals surface area contributed by atoms with Crippen LogP contribution in [-0.2, 0) is 28.5 Å². The number of carbonyl (C=O) groups excluding carboxylic acids is 2. The summed E-state index contributed by atoms with van der Waals surface area (Å²) in [5.74, 6) is -2.23. The highest BCUT2D eigenvalue weighted by Crippen LogP contribution is 2.33. The Morgan fingerprint density at radius 1 is 1.12 bits per heavy atom. The van der Waals surface area contributed by atoms with E-state index in [0.29, 0.717) is 6.42 Å². The smallest absolute Gasteiger partial charge is 0.338 e. The number of methoxy groups -OCH3 is 2. The lowest BCUT2D eigenvalue weighted by Gasteiger charge is -2.21. The molecule has 6 heteroatoms. The van der Waals surface area contributed by atoms with Gasteiger partial charge in [0.2, 0.25) is 0 Å². The van der Waals surface area contributed by atoms with Gasteiger partial charge in [-0.05, 0) is 6.92 Å².